The molecular formula is C13H14F2N4O3. The van der Waals surface area contributed by atoms with Gasteiger partial charge in [0.25, 0.3) is 11.8 Å². The standard InChI is InChI=1S/C13H14F2N4O3/c1-6-10(7(2)22-18-6)12(20)19-5-13(14,15)4-9(19)11-17-16-8(3)21-11/h9H,4-5H2,1-3H3. The van der Waals surface area contributed by atoms with Gasteiger partial charge in [-0.2, -0.15) is 0 Å². The molecule has 2 aromatic rings. The summed E-state index contributed by atoms with van der Waals surface area (Å²) >= 11 is 0. The number of carbonyl (C=O) groups excluding carboxylic acids is 1. The third-order valence-electron chi connectivity index (χ3n) is 3.60. The van der Waals surface area contributed by atoms with Gasteiger partial charge in [-0.3, -0.25) is 4.79 Å². The van der Waals surface area contributed by atoms with E-state index in [4.69, 9.17) is 8.94 Å². The lowest BCUT2D eigenvalue weighted by Crippen LogP contribution is -2.33. The second-order valence-electron chi connectivity index (χ2n) is 5.37. The molecule has 3 heterocycles. The highest BCUT2D eigenvalue weighted by Gasteiger charge is 2.50. The maximum atomic E-state index is 13.8. The summed E-state index contributed by atoms with van der Waals surface area (Å²) in [6.07, 6.45) is -0.552. The monoisotopic (exact) mass is 312 g/mol. The lowest BCUT2D eigenvalue weighted by molar-refractivity contribution is 0.0116. The van der Waals surface area contributed by atoms with Gasteiger partial charge < -0.3 is 13.8 Å². The molecule has 1 aliphatic rings. The van der Waals surface area contributed by atoms with Crippen molar-refractivity contribution in [1.82, 2.24) is 20.3 Å². The average molecular weight is 312 g/mol. The molecule has 0 aliphatic carbocycles. The highest BCUT2D eigenvalue weighted by molar-refractivity contribution is 5.96. The molecule has 0 spiro atoms. The normalized spacial score (nSPS) is 20.6. The fraction of sp³-hybridized carbons (Fsp3) is 0.538. The van der Waals surface area contributed by atoms with Gasteiger partial charge in [-0.15, -0.1) is 10.2 Å². The van der Waals surface area contributed by atoms with Gasteiger partial charge in [0.2, 0.25) is 11.8 Å². The Bertz CT molecular complexity index is 705. The number of nitrogens with zero attached hydrogens (tertiary/aromatic N) is 4. The molecular weight excluding hydrogens is 298 g/mol. The molecule has 9 heteroatoms. The minimum Gasteiger partial charge on any atom is -0.423 e. The first-order valence-corrected chi connectivity index (χ1v) is 6.70. The number of hydrogen-bond donors (Lipinski definition) is 0. The zero-order valence-electron chi connectivity index (χ0n) is 12.3. The number of amides is 1. The van der Waals surface area contributed by atoms with Crippen LogP contribution in [-0.2, 0) is 0 Å². The third-order valence-corrected chi connectivity index (χ3v) is 3.60. The lowest BCUT2D eigenvalue weighted by Gasteiger charge is -2.21. The van der Waals surface area contributed by atoms with Gasteiger partial charge in [0.05, 0.1) is 12.2 Å². The molecule has 118 valence electrons. The number of hydrogen-bond acceptors (Lipinski definition) is 6. The number of halogens is 2. The highest BCUT2D eigenvalue weighted by atomic mass is 19.3. The van der Waals surface area contributed by atoms with Gasteiger partial charge in [0.15, 0.2) is 0 Å². The Morgan fingerprint density at radius 3 is 2.59 bits per heavy atom. The van der Waals surface area contributed by atoms with Gasteiger partial charge in [0, 0.05) is 13.3 Å². The molecule has 1 unspecified atom stereocenters. The molecule has 7 nitrogen and oxygen atoms in total. The van der Waals surface area contributed by atoms with Crippen molar-refractivity contribution in [2.24, 2.45) is 0 Å². The van der Waals surface area contributed by atoms with E-state index in [2.05, 4.69) is 15.4 Å². The van der Waals surface area contributed by atoms with Crippen molar-refractivity contribution in [2.45, 2.75) is 39.2 Å². The fourth-order valence-electron chi connectivity index (χ4n) is 2.63. The van der Waals surface area contributed by atoms with Crippen LogP contribution >= 0.6 is 0 Å². The van der Waals surface area contributed by atoms with Crippen LogP contribution in [0.25, 0.3) is 0 Å². The summed E-state index contributed by atoms with van der Waals surface area (Å²) in [6, 6.07) is -0.961. The van der Waals surface area contributed by atoms with E-state index < -0.39 is 30.8 Å². The number of aromatic nitrogens is 3. The zero-order valence-corrected chi connectivity index (χ0v) is 12.3. The van der Waals surface area contributed by atoms with Crippen LogP contribution in [0.3, 0.4) is 0 Å². The molecule has 1 fully saturated rings. The van der Waals surface area contributed by atoms with Crippen molar-refractivity contribution in [1.29, 1.82) is 0 Å². The molecule has 22 heavy (non-hydrogen) atoms. The first kappa shape index (κ1) is 14.6. The summed E-state index contributed by atoms with van der Waals surface area (Å²) in [7, 11) is 0. The average Bonchev–Trinajstić information content (AvgIpc) is 3.08. The predicted octanol–water partition coefficient (Wildman–Crippen LogP) is 2.21. The molecule has 0 saturated carbocycles. The van der Waals surface area contributed by atoms with E-state index in [1.165, 1.54) is 0 Å². The number of alkyl halides is 2. The molecule has 2 aromatic heterocycles. The zero-order chi connectivity index (χ0) is 16.1. The van der Waals surface area contributed by atoms with Crippen molar-refractivity contribution < 1.29 is 22.5 Å². The van der Waals surface area contributed by atoms with Crippen LogP contribution < -0.4 is 0 Å². The second kappa shape index (κ2) is 4.85. The molecule has 1 saturated heterocycles. The molecule has 1 atom stereocenters. The quantitative estimate of drug-likeness (QED) is 0.845. The van der Waals surface area contributed by atoms with Crippen molar-refractivity contribution >= 4 is 5.91 Å². The Labute approximate surface area is 124 Å². The van der Waals surface area contributed by atoms with Crippen LogP contribution in [0.5, 0.6) is 0 Å². The first-order valence-electron chi connectivity index (χ1n) is 6.70. The van der Waals surface area contributed by atoms with E-state index in [1.54, 1.807) is 20.8 Å². The van der Waals surface area contributed by atoms with Crippen molar-refractivity contribution in [3.8, 4) is 0 Å². The molecule has 0 bridgehead atoms. The Balaban J connectivity index is 1.98. The number of rotatable bonds is 2. The summed E-state index contributed by atoms with van der Waals surface area (Å²) < 4.78 is 37.8. The van der Waals surface area contributed by atoms with Crippen LogP contribution in [0.2, 0.25) is 0 Å². The molecule has 1 aliphatic heterocycles. The SMILES string of the molecule is Cc1nnc(C2CC(F)(F)CN2C(=O)c2c(C)noc2C)o1. The number of carbonyl (C=O) groups is 1. The molecule has 0 aromatic carbocycles. The number of aryl methyl sites for hydroxylation is 3. The molecule has 0 radical (unpaired) electrons. The fourth-order valence-corrected chi connectivity index (χ4v) is 2.63. The maximum absolute atomic E-state index is 13.8. The van der Waals surface area contributed by atoms with E-state index in [0.717, 1.165) is 4.90 Å². The Morgan fingerprint density at radius 1 is 1.32 bits per heavy atom. The van der Waals surface area contributed by atoms with Crippen LogP contribution in [0.1, 0.15) is 46.1 Å². The van der Waals surface area contributed by atoms with Gasteiger partial charge >= 0.3 is 0 Å². The molecule has 1 amide bonds. The van der Waals surface area contributed by atoms with Crippen LogP contribution in [0, 0.1) is 20.8 Å². The van der Waals surface area contributed by atoms with Crippen molar-refractivity contribution in [2.75, 3.05) is 6.54 Å². The van der Waals surface area contributed by atoms with E-state index in [0.29, 0.717) is 5.69 Å². The lowest BCUT2D eigenvalue weighted by atomic mass is 10.1. The number of likely N-dealkylation sites (tertiary alicyclic amines) is 1. The summed E-state index contributed by atoms with van der Waals surface area (Å²) in [6.45, 7) is 4.00. The maximum Gasteiger partial charge on any atom is 0.267 e. The van der Waals surface area contributed by atoms with E-state index in [1.807, 2.05) is 0 Å². The van der Waals surface area contributed by atoms with Crippen LogP contribution in [0.4, 0.5) is 8.78 Å². The van der Waals surface area contributed by atoms with E-state index >= 15 is 0 Å². The molecule has 0 N–H and O–H groups in total. The topological polar surface area (TPSA) is 85.3 Å². The van der Waals surface area contributed by atoms with Crippen molar-refractivity contribution in [3.63, 3.8) is 0 Å². The molecule has 3 rings (SSSR count). The summed E-state index contributed by atoms with van der Waals surface area (Å²) in [4.78, 5) is 13.7. The van der Waals surface area contributed by atoms with E-state index in [9.17, 15) is 13.6 Å². The van der Waals surface area contributed by atoms with Gasteiger partial charge in [-0.05, 0) is 13.8 Å². The van der Waals surface area contributed by atoms with Crippen LogP contribution in [-0.4, -0.2) is 38.6 Å². The minimum atomic E-state index is -3.01. The third kappa shape index (κ3) is 2.36. The first-order chi connectivity index (χ1) is 10.3. The second-order valence-corrected chi connectivity index (χ2v) is 5.37. The summed E-state index contributed by atoms with van der Waals surface area (Å²) in [5.74, 6) is -3.03. The smallest absolute Gasteiger partial charge is 0.267 e. The summed E-state index contributed by atoms with van der Waals surface area (Å²) in [5, 5.41) is 11.1. The van der Waals surface area contributed by atoms with Gasteiger partial charge in [0.1, 0.15) is 17.4 Å². The van der Waals surface area contributed by atoms with Gasteiger partial charge in [-0.25, -0.2) is 8.78 Å². The largest absolute Gasteiger partial charge is 0.423 e. The van der Waals surface area contributed by atoms with E-state index in [-0.39, 0.29) is 23.1 Å². The highest BCUT2D eigenvalue weighted by Crippen LogP contribution is 2.41. The van der Waals surface area contributed by atoms with Crippen LogP contribution in [0.15, 0.2) is 8.94 Å². The minimum absolute atomic E-state index is 0.00906. The predicted molar refractivity (Wildman–Crippen MR) is 68.4 cm³/mol. The Hall–Kier alpha value is -2.32. The summed E-state index contributed by atoms with van der Waals surface area (Å²) in [5.41, 5.74) is 0.553. The van der Waals surface area contributed by atoms with Gasteiger partial charge in [-0.1, -0.05) is 5.16 Å². The Kier molecular flexibility index (Phi) is 3.22. The van der Waals surface area contributed by atoms with Crippen molar-refractivity contribution in [3.05, 3.63) is 28.8 Å². The Morgan fingerprint density at radius 2 is 2.05 bits per heavy atom.